The number of hydrogen-bond acceptors (Lipinski definition) is 5. The lowest BCUT2D eigenvalue weighted by Crippen LogP contribution is -2.24. The minimum absolute atomic E-state index is 0.116. The van der Waals surface area contributed by atoms with E-state index in [2.05, 4.69) is 10.3 Å². The number of hydrogen-bond donors (Lipinski definition) is 1. The Labute approximate surface area is 149 Å². The minimum Gasteiger partial charge on any atom is -0.459 e. The van der Waals surface area contributed by atoms with Gasteiger partial charge in [0.15, 0.2) is 0 Å². The molecule has 0 aliphatic rings. The van der Waals surface area contributed by atoms with Crippen LogP contribution in [0.5, 0.6) is 0 Å². The molecule has 130 valence electrons. The molecular weight excluding hydrogens is 338 g/mol. The summed E-state index contributed by atoms with van der Waals surface area (Å²) in [5.41, 5.74) is 3.30. The Morgan fingerprint density at radius 1 is 1.36 bits per heavy atom. The largest absolute Gasteiger partial charge is 0.459 e. The number of rotatable bonds is 7. The SMILES string of the molecule is Cc1cccn2cc(COC(=O)CCCNC(=O)c3ccsc3)nc12. The van der Waals surface area contributed by atoms with Gasteiger partial charge in [-0.2, -0.15) is 11.3 Å². The van der Waals surface area contributed by atoms with Crippen LogP contribution in [0, 0.1) is 6.92 Å². The zero-order valence-electron chi connectivity index (χ0n) is 13.9. The molecule has 0 aliphatic heterocycles. The number of fused-ring (bicyclic) bond motifs is 1. The lowest BCUT2D eigenvalue weighted by molar-refractivity contribution is -0.145. The van der Waals surface area contributed by atoms with E-state index in [1.807, 2.05) is 41.2 Å². The van der Waals surface area contributed by atoms with E-state index in [-0.39, 0.29) is 24.9 Å². The van der Waals surface area contributed by atoms with Crippen molar-refractivity contribution in [3.05, 3.63) is 58.2 Å². The molecule has 0 bridgehead atoms. The fourth-order valence-electron chi connectivity index (χ4n) is 2.43. The molecule has 7 heteroatoms. The van der Waals surface area contributed by atoms with Gasteiger partial charge in [0.2, 0.25) is 0 Å². The maximum Gasteiger partial charge on any atom is 0.306 e. The Kier molecular flexibility index (Phi) is 5.45. The van der Waals surface area contributed by atoms with Crippen LogP contribution in [0.3, 0.4) is 0 Å². The van der Waals surface area contributed by atoms with Crippen molar-refractivity contribution in [1.29, 1.82) is 0 Å². The number of aryl methyl sites for hydroxylation is 1. The summed E-state index contributed by atoms with van der Waals surface area (Å²) in [6.07, 6.45) is 4.57. The number of ether oxygens (including phenoxy) is 1. The summed E-state index contributed by atoms with van der Waals surface area (Å²) < 4.78 is 7.17. The van der Waals surface area contributed by atoms with Crippen LogP contribution in [-0.4, -0.2) is 27.8 Å². The van der Waals surface area contributed by atoms with Crippen molar-refractivity contribution >= 4 is 28.9 Å². The van der Waals surface area contributed by atoms with Crippen LogP contribution in [0.1, 0.15) is 34.5 Å². The van der Waals surface area contributed by atoms with Crippen molar-refractivity contribution in [2.24, 2.45) is 0 Å². The first-order valence-corrected chi connectivity index (χ1v) is 8.97. The molecule has 1 amide bonds. The number of pyridine rings is 1. The van der Waals surface area contributed by atoms with Crippen molar-refractivity contribution in [3.63, 3.8) is 0 Å². The molecule has 0 aliphatic carbocycles. The second-order valence-electron chi connectivity index (χ2n) is 5.69. The Bertz CT molecular complexity index is 871. The second-order valence-corrected chi connectivity index (χ2v) is 6.47. The highest BCUT2D eigenvalue weighted by atomic mass is 32.1. The third-order valence-corrected chi connectivity index (χ3v) is 4.42. The molecule has 25 heavy (non-hydrogen) atoms. The normalized spacial score (nSPS) is 10.8. The summed E-state index contributed by atoms with van der Waals surface area (Å²) in [6.45, 7) is 2.58. The zero-order chi connectivity index (χ0) is 17.6. The first-order valence-electron chi connectivity index (χ1n) is 8.03. The molecule has 0 saturated carbocycles. The van der Waals surface area contributed by atoms with Crippen LogP contribution in [-0.2, 0) is 16.1 Å². The third kappa shape index (κ3) is 4.45. The van der Waals surface area contributed by atoms with Gasteiger partial charge in [0.1, 0.15) is 12.3 Å². The standard InChI is InChI=1S/C18H19N3O3S/c1-13-4-3-8-21-10-15(20-17(13)21)11-24-16(22)5-2-7-19-18(23)14-6-9-25-12-14/h3-4,6,8-10,12H,2,5,7,11H2,1H3,(H,19,23). The predicted molar refractivity (Wildman–Crippen MR) is 95.6 cm³/mol. The highest BCUT2D eigenvalue weighted by Gasteiger charge is 2.09. The van der Waals surface area contributed by atoms with Gasteiger partial charge < -0.3 is 14.5 Å². The van der Waals surface area contributed by atoms with Crippen molar-refractivity contribution in [2.75, 3.05) is 6.54 Å². The number of imidazole rings is 1. The van der Waals surface area contributed by atoms with Gasteiger partial charge in [-0.25, -0.2) is 4.98 Å². The van der Waals surface area contributed by atoms with E-state index in [0.29, 0.717) is 24.2 Å². The first-order chi connectivity index (χ1) is 12.1. The number of nitrogens with one attached hydrogen (secondary N) is 1. The zero-order valence-corrected chi connectivity index (χ0v) is 14.7. The van der Waals surface area contributed by atoms with Gasteiger partial charge in [-0.05, 0) is 36.4 Å². The molecule has 0 aromatic carbocycles. The summed E-state index contributed by atoms with van der Waals surface area (Å²) in [6, 6.07) is 5.71. The molecule has 6 nitrogen and oxygen atoms in total. The van der Waals surface area contributed by atoms with E-state index in [1.54, 1.807) is 11.4 Å². The quantitative estimate of drug-likeness (QED) is 0.521. The van der Waals surface area contributed by atoms with Crippen LogP contribution in [0.2, 0.25) is 0 Å². The van der Waals surface area contributed by atoms with Gasteiger partial charge >= 0.3 is 5.97 Å². The van der Waals surface area contributed by atoms with E-state index in [1.165, 1.54) is 11.3 Å². The third-order valence-electron chi connectivity index (χ3n) is 3.74. The van der Waals surface area contributed by atoms with Crippen molar-refractivity contribution in [2.45, 2.75) is 26.4 Å². The molecule has 0 unspecified atom stereocenters. The Hall–Kier alpha value is -2.67. The topological polar surface area (TPSA) is 72.7 Å². The summed E-state index contributed by atoms with van der Waals surface area (Å²) >= 11 is 1.48. The van der Waals surface area contributed by atoms with Crippen LogP contribution in [0.4, 0.5) is 0 Å². The number of thiophene rings is 1. The predicted octanol–water partition coefficient (Wildman–Crippen LogP) is 2.96. The van der Waals surface area contributed by atoms with Crippen molar-refractivity contribution in [3.8, 4) is 0 Å². The van der Waals surface area contributed by atoms with E-state index >= 15 is 0 Å². The Morgan fingerprint density at radius 2 is 2.24 bits per heavy atom. The first kappa shape index (κ1) is 17.2. The fourth-order valence-corrected chi connectivity index (χ4v) is 3.07. The minimum atomic E-state index is -0.293. The summed E-state index contributed by atoms with van der Waals surface area (Å²) in [7, 11) is 0. The summed E-state index contributed by atoms with van der Waals surface area (Å²) in [5.74, 6) is -0.409. The molecule has 3 aromatic heterocycles. The van der Waals surface area contributed by atoms with Crippen LogP contribution in [0.15, 0.2) is 41.4 Å². The van der Waals surface area contributed by atoms with Crippen LogP contribution < -0.4 is 5.32 Å². The van der Waals surface area contributed by atoms with Crippen LogP contribution >= 0.6 is 11.3 Å². The molecule has 0 radical (unpaired) electrons. The Balaban J connectivity index is 1.39. The highest BCUT2D eigenvalue weighted by molar-refractivity contribution is 7.08. The molecule has 3 rings (SSSR count). The lowest BCUT2D eigenvalue weighted by Gasteiger charge is -2.04. The number of amides is 1. The van der Waals surface area contributed by atoms with Crippen LogP contribution in [0.25, 0.3) is 5.65 Å². The highest BCUT2D eigenvalue weighted by Crippen LogP contribution is 2.11. The molecular formula is C18H19N3O3S. The Morgan fingerprint density at radius 3 is 3.00 bits per heavy atom. The van der Waals surface area contributed by atoms with E-state index in [9.17, 15) is 9.59 Å². The number of esters is 1. The molecule has 3 aromatic rings. The number of aromatic nitrogens is 2. The number of carbonyl (C=O) groups is 2. The maximum atomic E-state index is 11.8. The van der Waals surface area contributed by atoms with Gasteiger partial charge in [0.05, 0.1) is 5.69 Å². The average molecular weight is 357 g/mol. The van der Waals surface area contributed by atoms with Crippen molar-refractivity contribution < 1.29 is 14.3 Å². The smallest absolute Gasteiger partial charge is 0.306 e. The molecule has 0 fully saturated rings. The summed E-state index contributed by atoms with van der Waals surface area (Å²) in [4.78, 5) is 28.0. The van der Waals surface area contributed by atoms with E-state index in [4.69, 9.17) is 4.74 Å². The second kappa shape index (κ2) is 7.94. The van der Waals surface area contributed by atoms with Gasteiger partial charge in [-0.1, -0.05) is 6.07 Å². The monoisotopic (exact) mass is 357 g/mol. The maximum absolute atomic E-state index is 11.8. The van der Waals surface area contributed by atoms with Gasteiger partial charge in [0, 0.05) is 36.3 Å². The molecule has 0 saturated heterocycles. The average Bonchev–Trinajstić information content (AvgIpc) is 3.26. The molecule has 1 N–H and O–H groups in total. The number of carbonyl (C=O) groups excluding carboxylic acids is 2. The summed E-state index contributed by atoms with van der Waals surface area (Å²) in [5, 5.41) is 6.43. The van der Waals surface area contributed by atoms with Crippen molar-refractivity contribution in [1.82, 2.24) is 14.7 Å². The number of nitrogens with zero attached hydrogens (tertiary/aromatic N) is 2. The molecule has 3 heterocycles. The van der Waals surface area contributed by atoms with E-state index < -0.39 is 0 Å². The van der Waals surface area contributed by atoms with Gasteiger partial charge in [-0.3, -0.25) is 9.59 Å². The lowest BCUT2D eigenvalue weighted by atomic mass is 10.3. The molecule has 0 atom stereocenters. The van der Waals surface area contributed by atoms with E-state index in [0.717, 1.165) is 11.2 Å². The van der Waals surface area contributed by atoms with Gasteiger partial charge in [-0.15, -0.1) is 0 Å². The fraction of sp³-hybridized carbons (Fsp3) is 0.278. The molecule has 0 spiro atoms. The van der Waals surface area contributed by atoms with Gasteiger partial charge in [0.25, 0.3) is 5.91 Å².